The Labute approximate surface area is 163 Å². The molecule has 0 atom stereocenters. The molecule has 0 aliphatic carbocycles. The van der Waals surface area contributed by atoms with Crippen molar-refractivity contribution in [3.05, 3.63) is 90.0 Å². The predicted molar refractivity (Wildman–Crippen MR) is 108 cm³/mol. The smallest absolute Gasteiger partial charge is 0.349 e. The normalized spacial score (nSPS) is 10.2. The van der Waals surface area contributed by atoms with Gasteiger partial charge in [0.1, 0.15) is 11.5 Å². The van der Waals surface area contributed by atoms with Crippen molar-refractivity contribution in [1.82, 2.24) is 0 Å². The largest absolute Gasteiger partial charge is 0.482 e. The second-order valence-electron chi connectivity index (χ2n) is 6.10. The van der Waals surface area contributed by atoms with E-state index in [1.807, 2.05) is 30.3 Å². The van der Waals surface area contributed by atoms with Crippen molar-refractivity contribution in [1.29, 1.82) is 0 Å². The van der Waals surface area contributed by atoms with E-state index in [0.717, 1.165) is 6.42 Å². The van der Waals surface area contributed by atoms with Gasteiger partial charge in [0, 0.05) is 11.3 Å². The van der Waals surface area contributed by atoms with Gasteiger partial charge in [0.15, 0.2) is 6.61 Å². The predicted octanol–water partition coefficient (Wildman–Crippen LogP) is 4.49. The molecule has 0 bridgehead atoms. The zero-order valence-electron chi connectivity index (χ0n) is 15.6. The van der Waals surface area contributed by atoms with Gasteiger partial charge in [0.2, 0.25) is 0 Å². The molecule has 142 valence electrons. The Hall–Kier alpha value is -3.60. The number of ether oxygens (including phenoxy) is 2. The maximum absolute atomic E-state index is 12.1. The van der Waals surface area contributed by atoms with Crippen LogP contribution in [0.5, 0.6) is 11.5 Å². The summed E-state index contributed by atoms with van der Waals surface area (Å²) in [5.41, 5.74) is 2.39. The first-order valence-corrected chi connectivity index (χ1v) is 9.03. The highest BCUT2D eigenvalue weighted by Gasteiger charge is 2.08. The average molecular weight is 375 g/mol. The summed E-state index contributed by atoms with van der Waals surface area (Å²) in [5.74, 6) is 0.300. The lowest BCUT2D eigenvalue weighted by molar-refractivity contribution is -0.136. The molecule has 3 rings (SSSR count). The lowest BCUT2D eigenvalue weighted by Gasteiger charge is -2.09. The average Bonchev–Trinajstić information content (AvgIpc) is 2.74. The van der Waals surface area contributed by atoms with Crippen molar-refractivity contribution < 1.29 is 19.1 Å². The second kappa shape index (κ2) is 9.37. The number of anilines is 1. The number of amides is 1. The quantitative estimate of drug-likeness (QED) is 0.488. The highest BCUT2D eigenvalue weighted by molar-refractivity contribution is 6.04. The molecule has 0 aliphatic heterocycles. The molecule has 1 amide bonds. The van der Waals surface area contributed by atoms with Crippen LogP contribution in [0.15, 0.2) is 78.9 Å². The summed E-state index contributed by atoms with van der Waals surface area (Å²) in [7, 11) is 0. The van der Waals surface area contributed by atoms with Crippen LogP contribution >= 0.6 is 0 Å². The van der Waals surface area contributed by atoms with Crippen molar-refractivity contribution in [2.75, 3.05) is 11.9 Å². The lowest BCUT2D eigenvalue weighted by Crippen LogP contribution is -2.17. The Morgan fingerprint density at radius 3 is 2.11 bits per heavy atom. The highest BCUT2D eigenvalue weighted by Crippen LogP contribution is 2.17. The van der Waals surface area contributed by atoms with E-state index in [1.54, 1.807) is 48.5 Å². The molecule has 3 aromatic carbocycles. The zero-order chi connectivity index (χ0) is 19.8. The van der Waals surface area contributed by atoms with Crippen LogP contribution < -0.4 is 14.8 Å². The third kappa shape index (κ3) is 5.45. The molecular formula is C23H21NO4. The number of nitrogens with one attached hydrogen (secondary N) is 1. The van der Waals surface area contributed by atoms with Gasteiger partial charge in [-0.1, -0.05) is 37.3 Å². The summed E-state index contributed by atoms with van der Waals surface area (Å²) in [6.07, 6.45) is 0.949. The molecule has 0 saturated heterocycles. The van der Waals surface area contributed by atoms with E-state index in [2.05, 4.69) is 12.2 Å². The van der Waals surface area contributed by atoms with E-state index in [0.29, 0.717) is 22.7 Å². The molecule has 0 radical (unpaired) electrons. The maximum Gasteiger partial charge on any atom is 0.349 e. The number of esters is 1. The molecule has 28 heavy (non-hydrogen) atoms. The molecule has 0 spiro atoms. The van der Waals surface area contributed by atoms with Gasteiger partial charge < -0.3 is 14.8 Å². The number of benzene rings is 3. The lowest BCUT2D eigenvalue weighted by atomic mass is 10.2. The molecule has 5 nitrogen and oxygen atoms in total. The van der Waals surface area contributed by atoms with E-state index in [4.69, 9.17) is 9.47 Å². The van der Waals surface area contributed by atoms with E-state index >= 15 is 0 Å². The van der Waals surface area contributed by atoms with E-state index in [-0.39, 0.29) is 12.5 Å². The number of hydrogen-bond donors (Lipinski definition) is 1. The van der Waals surface area contributed by atoms with Crippen LogP contribution in [0, 0.1) is 0 Å². The fraction of sp³-hybridized carbons (Fsp3) is 0.130. The first-order valence-electron chi connectivity index (χ1n) is 9.03. The fourth-order valence-electron chi connectivity index (χ4n) is 2.52. The van der Waals surface area contributed by atoms with Crippen LogP contribution in [0.2, 0.25) is 0 Å². The van der Waals surface area contributed by atoms with Gasteiger partial charge >= 0.3 is 5.97 Å². The second-order valence-corrected chi connectivity index (χ2v) is 6.10. The van der Waals surface area contributed by atoms with E-state index < -0.39 is 5.97 Å². The third-order valence-corrected chi connectivity index (χ3v) is 4.07. The van der Waals surface area contributed by atoms with Crippen molar-refractivity contribution in [2.24, 2.45) is 0 Å². The van der Waals surface area contributed by atoms with Gasteiger partial charge in [-0.3, -0.25) is 4.79 Å². The van der Waals surface area contributed by atoms with Gasteiger partial charge in [0.05, 0.1) is 0 Å². The van der Waals surface area contributed by atoms with Crippen molar-refractivity contribution in [2.45, 2.75) is 13.3 Å². The van der Waals surface area contributed by atoms with Crippen LogP contribution in [0.1, 0.15) is 22.8 Å². The minimum atomic E-state index is -0.499. The van der Waals surface area contributed by atoms with E-state index in [1.165, 1.54) is 5.56 Å². The molecule has 0 fully saturated rings. The Bertz CT molecular complexity index is 919. The molecule has 0 aliphatic rings. The number of aryl methyl sites for hydroxylation is 1. The molecule has 5 heteroatoms. The minimum absolute atomic E-state index is 0.183. The number of carbonyl (C=O) groups excluding carboxylic acids is 2. The van der Waals surface area contributed by atoms with Crippen molar-refractivity contribution >= 4 is 17.6 Å². The van der Waals surface area contributed by atoms with E-state index in [9.17, 15) is 9.59 Å². The van der Waals surface area contributed by atoms with Crippen LogP contribution in [-0.4, -0.2) is 18.5 Å². The molecule has 0 saturated carbocycles. The van der Waals surface area contributed by atoms with Crippen LogP contribution in [-0.2, 0) is 11.2 Å². The summed E-state index contributed by atoms with van der Waals surface area (Å²) >= 11 is 0. The fourth-order valence-corrected chi connectivity index (χ4v) is 2.52. The summed E-state index contributed by atoms with van der Waals surface area (Å²) in [6, 6.07) is 23.1. The highest BCUT2D eigenvalue weighted by atomic mass is 16.6. The van der Waals surface area contributed by atoms with Gasteiger partial charge in [-0.2, -0.15) is 0 Å². The summed E-state index contributed by atoms with van der Waals surface area (Å²) in [4.78, 5) is 24.1. The van der Waals surface area contributed by atoms with Crippen LogP contribution in [0.3, 0.4) is 0 Å². The summed E-state index contributed by atoms with van der Waals surface area (Å²) < 4.78 is 10.7. The topological polar surface area (TPSA) is 64.6 Å². The minimum Gasteiger partial charge on any atom is -0.482 e. The first-order chi connectivity index (χ1) is 13.6. The van der Waals surface area contributed by atoms with Gasteiger partial charge in [-0.05, 0) is 60.5 Å². The van der Waals surface area contributed by atoms with Gasteiger partial charge in [-0.15, -0.1) is 0 Å². The van der Waals surface area contributed by atoms with Crippen LogP contribution in [0.4, 0.5) is 5.69 Å². The Balaban J connectivity index is 1.49. The Kier molecular flexibility index (Phi) is 6.41. The molecule has 0 unspecified atom stereocenters. The van der Waals surface area contributed by atoms with Gasteiger partial charge in [0.25, 0.3) is 5.91 Å². The SMILES string of the molecule is CCc1ccc(OCC(=O)Oc2ccc(NC(=O)c3ccccc3)cc2)cc1. The number of carbonyl (C=O) groups is 2. The Morgan fingerprint density at radius 2 is 1.46 bits per heavy atom. The molecule has 3 aromatic rings. The standard InChI is InChI=1S/C23H21NO4/c1-2-17-8-12-20(13-9-17)27-16-22(25)28-21-14-10-19(11-15-21)24-23(26)18-6-4-3-5-7-18/h3-15H,2,16H2,1H3,(H,24,26). The molecule has 1 N–H and O–H groups in total. The monoisotopic (exact) mass is 375 g/mol. The molecule has 0 aromatic heterocycles. The number of rotatable bonds is 7. The van der Waals surface area contributed by atoms with Crippen LogP contribution in [0.25, 0.3) is 0 Å². The molecule has 0 heterocycles. The van der Waals surface area contributed by atoms with Gasteiger partial charge in [-0.25, -0.2) is 4.79 Å². The third-order valence-electron chi connectivity index (χ3n) is 4.07. The zero-order valence-corrected chi connectivity index (χ0v) is 15.6. The molecular weight excluding hydrogens is 354 g/mol. The van der Waals surface area contributed by atoms with Crippen molar-refractivity contribution in [3.8, 4) is 11.5 Å². The number of hydrogen-bond acceptors (Lipinski definition) is 4. The maximum atomic E-state index is 12.1. The van der Waals surface area contributed by atoms with Crippen molar-refractivity contribution in [3.63, 3.8) is 0 Å². The summed E-state index contributed by atoms with van der Waals surface area (Å²) in [5, 5.41) is 2.79. The Morgan fingerprint density at radius 1 is 0.821 bits per heavy atom. The summed E-state index contributed by atoms with van der Waals surface area (Å²) in [6.45, 7) is 1.89. The first kappa shape index (κ1) is 19.2.